The lowest BCUT2D eigenvalue weighted by atomic mass is 10.1. The molecule has 3 aromatic rings. The van der Waals surface area contributed by atoms with Crippen LogP contribution in [0.15, 0.2) is 66.9 Å². The summed E-state index contributed by atoms with van der Waals surface area (Å²) < 4.78 is 14.9. The maximum absolute atomic E-state index is 13.1. The highest BCUT2D eigenvalue weighted by Gasteiger charge is 2.10. The number of carboxylic acid groups (broad SMARTS) is 1. The van der Waals surface area contributed by atoms with Crippen molar-refractivity contribution in [3.8, 4) is 11.3 Å². The lowest BCUT2D eigenvalue weighted by Crippen LogP contribution is -2.00. The number of halogens is 1. The smallest absolute Gasteiger partial charge is 0.328 e. The summed E-state index contributed by atoms with van der Waals surface area (Å²) in [5, 5.41) is 13.4. The van der Waals surface area contributed by atoms with E-state index in [0.717, 1.165) is 17.2 Å². The molecule has 0 fully saturated rings. The Morgan fingerprint density at radius 2 is 1.83 bits per heavy atom. The van der Waals surface area contributed by atoms with Crippen molar-refractivity contribution in [2.75, 3.05) is 0 Å². The number of hydrogen-bond acceptors (Lipinski definition) is 2. The molecule has 0 radical (unpaired) electrons. The summed E-state index contributed by atoms with van der Waals surface area (Å²) in [7, 11) is 0. The Labute approximate surface area is 138 Å². The topological polar surface area (TPSA) is 55.1 Å². The van der Waals surface area contributed by atoms with E-state index in [4.69, 9.17) is 5.11 Å². The third-order valence-corrected chi connectivity index (χ3v) is 3.50. The summed E-state index contributed by atoms with van der Waals surface area (Å²) >= 11 is 0. The number of rotatable bonds is 5. The SMILES string of the molecule is O=C(O)/C=C/c1cn(Cc2ccccc2)nc1-c1ccc(F)cc1. The van der Waals surface area contributed by atoms with Crippen molar-refractivity contribution in [1.82, 2.24) is 9.78 Å². The first-order valence-electron chi connectivity index (χ1n) is 7.40. The van der Waals surface area contributed by atoms with Crippen molar-refractivity contribution in [1.29, 1.82) is 0 Å². The average molecular weight is 322 g/mol. The Morgan fingerprint density at radius 1 is 1.12 bits per heavy atom. The first kappa shape index (κ1) is 15.7. The van der Waals surface area contributed by atoms with Gasteiger partial charge < -0.3 is 5.11 Å². The molecular formula is C19H15FN2O2. The second-order valence-electron chi connectivity index (χ2n) is 5.29. The molecule has 0 saturated carbocycles. The molecule has 1 heterocycles. The van der Waals surface area contributed by atoms with Crippen LogP contribution in [-0.2, 0) is 11.3 Å². The fraction of sp³-hybridized carbons (Fsp3) is 0.0526. The highest BCUT2D eigenvalue weighted by Crippen LogP contribution is 2.24. The van der Waals surface area contributed by atoms with E-state index in [-0.39, 0.29) is 5.82 Å². The van der Waals surface area contributed by atoms with Crippen molar-refractivity contribution < 1.29 is 14.3 Å². The van der Waals surface area contributed by atoms with Crippen molar-refractivity contribution in [2.24, 2.45) is 0 Å². The molecule has 3 rings (SSSR count). The summed E-state index contributed by atoms with van der Waals surface area (Å²) in [5.41, 5.74) is 3.09. The maximum Gasteiger partial charge on any atom is 0.328 e. The van der Waals surface area contributed by atoms with Gasteiger partial charge in [0.05, 0.1) is 12.2 Å². The van der Waals surface area contributed by atoms with Crippen molar-refractivity contribution in [2.45, 2.75) is 6.54 Å². The minimum absolute atomic E-state index is 0.329. The van der Waals surface area contributed by atoms with Gasteiger partial charge in [0.15, 0.2) is 0 Å². The van der Waals surface area contributed by atoms with E-state index in [0.29, 0.717) is 17.8 Å². The number of aliphatic carboxylic acids is 1. The fourth-order valence-electron chi connectivity index (χ4n) is 2.40. The number of nitrogens with zero attached hydrogens (tertiary/aromatic N) is 2. The van der Waals surface area contributed by atoms with Gasteiger partial charge in [-0.3, -0.25) is 4.68 Å². The minimum atomic E-state index is -1.03. The summed E-state index contributed by atoms with van der Waals surface area (Å²) in [6, 6.07) is 15.8. The van der Waals surface area contributed by atoms with Gasteiger partial charge in [0.2, 0.25) is 0 Å². The molecule has 24 heavy (non-hydrogen) atoms. The Hall–Kier alpha value is -3.21. The highest BCUT2D eigenvalue weighted by molar-refractivity contribution is 5.87. The third kappa shape index (κ3) is 3.76. The molecule has 2 aromatic carbocycles. The van der Waals surface area contributed by atoms with Crippen LogP contribution in [0, 0.1) is 5.82 Å². The van der Waals surface area contributed by atoms with Gasteiger partial charge >= 0.3 is 5.97 Å². The second kappa shape index (κ2) is 6.91. The number of carbonyl (C=O) groups is 1. The van der Waals surface area contributed by atoms with Crippen LogP contribution < -0.4 is 0 Å². The Bertz CT molecular complexity index is 868. The van der Waals surface area contributed by atoms with E-state index in [9.17, 15) is 9.18 Å². The number of benzene rings is 2. The van der Waals surface area contributed by atoms with Gasteiger partial charge in [-0.1, -0.05) is 30.3 Å². The van der Waals surface area contributed by atoms with Gasteiger partial charge in [0, 0.05) is 23.4 Å². The number of aromatic nitrogens is 2. The van der Waals surface area contributed by atoms with Gasteiger partial charge in [0.1, 0.15) is 5.82 Å². The lowest BCUT2D eigenvalue weighted by molar-refractivity contribution is -0.131. The van der Waals surface area contributed by atoms with Crippen molar-refractivity contribution in [3.63, 3.8) is 0 Å². The van der Waals surface area contributed by atoms with Crippen LogP contribution in [0.1, 0.15) is 11.1 Å². The fourth-order valence-corrected chi connectivity index (χ4v) is 2.40. The number of carboxylic acids is 1. The first-order chi connectivity index (χ1) is 11.6. The van der Waals surface area contributed by atoms with Gasteiger partial charge in [-0.2, -0.15) is 5.10 Å². The second-order valence-corrected chi connectivity index (χ2v) is 5.29. The first-order valence-corrected chi connectivity index (χ1v) is 7.40. The molecular weight excluding hydrogens is 307 g/mol. The van der Waals surface area contributed by atoms with Crippen LogP contribution in [-0.4, -0.2) is 20.9 Å². The minimum Gasteiger partial charge on any atom is -0.478 e. The van der Waals surface area contributed by atoms with E-state index in [1.165, 1.54) is 18.2 Å². The van der Waals surface area contributed by atoms with E-state index < -0.39 is 5.97 Å². The largest absolute Gasteiger partial charge is 0.478 e. The summed E-state index contributed by atoms with van der Waals surface area (Å²) in [6.07, 6.45) is 4.34. The van der Waals surface area contributed by atoms with Crippen LogP contribution in [0.5, 0.6) is 0 Å². The maximum atomic E-state index is 13.1. The molecule has 0 aliphatic carbocycles. The highest BCUT2D eigenvalue weighted by atomic mass is 19.1. The van der Waals surface area contributed by atoms with Gasteiger partial charge in [-0.25, -0.2) is 9.18 Å². The van der Waals surface area contributed by atoms with Crippen LogP contribution in [0.4, 0.5) is 4.39 Å². The van der Waals surface area contributed by atoms with Crippen LogP contribution in [0.25, 0.3) is 17.3 Å². The molecule has 0 atom stereocenters. The Morgan fingerprint density at radius 3 is 2.50 bits per heavy atom. The van der Waals surface area contributed by atoms with Crippen LogP contribution in [0.2, 0.25) is 0 Å². The van der Waals surface area contributed by atoms with Crippen LogP contribution in [0.3, 0.4) is 0 Å². The molecule has 120 valence electrons. The zero-order chi connectivity index (χ0) is 16.9. The molecule has 0 aliphatic heterocycles. The zero-order valence-electron chi connectivity index (χ0n) is 12.8. The predicted molar refractivity (Wildman–Crippen MR) is 89.8 cm³/mol. The molecule has 0 aliphatic rings. The Kier molecular flexibility index (Phi) is 4.52. The summed E-state index contributed by atoms with van der Waals surface area (Å²) in [4.78, 5) is 10.8. The molecule has 0 saturated heterocycles. The third-order valence-electron chi connectivity index (χ3n) is 3.50. The Balaban J connectivity index is 1.98. The number of hydrogen-bond donors (Lipinski definition) is 1. The molecule has 1 aromatic heterocycles. The lowest BCUT2D eigenvalue weighted by Gasteiger charge is -2.01. The van der Waals surface area contributed by atoms with Gasteiger partial charge in [-0.15, -0.1) is 0 Å². The molecule has 0 spiro atoms. The molecule has 5 heteroatoms. The van der Waals surface area contributed by atoms with Crippen LogP contribution >= 0.6 is 0 Å². The normalized spacial score (nSPS) is 11.0. The quantitative estimate of drug-likeness (QED) is 0.726. The van der Waals surface area contributed by atoms with Gasteiger partial charge in [-0.05, 0) is 35.9 Å². The average Bonchev–Trinajstić information content (AvgIpc) is 2.97. The molecule has 0 bridgehead atoms. The van der Waals surface area contributed by atoms with E-state index in [2.05, 4.69) is 5.10 Å². The van der Waals surface area contributed by atoms with E-state index in [1.54, 1.807) is 23.0 Å². The standard InChI is InChI=1S/C19H15FN2O2/c20-17-9-6-15(7-10-17)19-16(8-11-18(23)24)13-22(21-19)12-14-4-2-1-3-5-14/h1-11,13H,12H2,(H,23,24)/b11-8+. The van der Waals surface area contributed by atoms with E-state index in [1.807, 2.05) is 30.3 Å². The molecule has 1 N–H and O–H groups in total. The van der Waals surface area contributed by atoms with Gasteiger partial charge in [0.25, 0.3) is 0 Å². The molecule has 4 nitrogen and oxygen atoms in total. The van der Waals surface area contributed by atoms with E-state index >= 15 is 0 Å². The summed E-state index contributed by atoms with van der Waals surface area (Å²) in [5.74, 6) is -1.36. The monoisotopic (exact) mass is 322 g/mol. The molecule has 0 unspecified atom stereocenters. The predicted octanol–water partition coefficient (Wildman–Crippen LogP) is 3.84. The van der Waals surface area contributed by atoms with Crippen molar-refractivity contribution >= 4 is 12.0 Å². The molecule has 0 amide bonds. The van der Waals surface area contributed by atoms with Crippen molar-refractivity contribution in [3.05, 3.63) is 83.8 Å². The zero-order valence-corrected chi connectivity index (χ0v) is 12.8. The summed E-state index contributed by atoms with van der Waals surface area (Å²) in [6.45, 7) is 0.565.